The van der Waals surface area contributed by atoms with Gasteiger partial charge < -0.3 is 9.67 Å². The van der Waals surface area contributed by atoms with Crippen molar-refractivity contribution >= 4 is 5.97 Å². The number of hydrogen-bond acceptors (Lipinski definition) is 4. The highest BCUT2D eigenvalue weighted by molar-refractivity contribution is 5.73. The molecule has 8 heteroatoms. The molecule has 3 aromatic rings. The minimum absolute atomic E-state index is 0.102. The average Bonchev–Trinajstić information content (AvgIpc) is 3.22. The fourth-order valence-electron chi connectivity index (χ4n) is 3.35. The normalized spacial score (nSPS) is 17.2. The predicted molar refractivity (Wildman–Crippen MR) is 93.5 cm³/mol. The van der Waals surface area contributed by atoms with E-state index >= 15 is 0 Å². The third-order valence-corrected chi connectivity index (χ3v) is 4.67. The number of carbonyl (C=O) groups is 1. The van der Waals surface area contributed by atoms with Crippen molar-refractivity contribution in [3.8, 4) is 0 Å². The molecule has 0 spiro atoms. The van der Waals surface area contributed by atoms with Crippen LogP contribution in [0, 0.1) is 0 Å². The molecule has 1 aliphatic rings. The predicted octanol–water partition coefficient (Wildman–Crippen LogP) is 0.890. The van der Waals surface area contributed by atoms with Crippen LogP contribution in [0.2, 0.25) is 0 Å². The van der Waals surface area contributed by atoms with Crippen LogP contribution in [0.1, 0.15) is 17.0 Å². The van der Waals surface area contributed by atoms with Crippen LogP contribution in [0.5, 0.6) is 0 Å². The largest absolute Gasteiger partial charge is 0.480 e. The molecule has 2 aromatic heterocycles. The molecule has 0 amide bonds. The summed E-state index contributed by atoms with van der Waals surface area (Å²) in [5.41, 5.74) is 1.87. The maximum Gasteiger partial charge on any atom is 0.343 e. The lowest BCUT2D eigenvalue weighted by Crippen LogP contribution is -2.49. The van der Waals surface area contributed by atoms with Gasteiger partial charge in [0.05, 0.1) is 13.1 Å². The van der Waals surface area contributed by atoms with E-state index < -0.39 is 12.0 Å². The standard InChI is InChI=1S/C18H19N5O3/c24-17(25)15-11-23-16(19-20-18(23)26)12-22(15)10-14-6-7-21(9-14)8-13-4-2-1-3-5-13/h1-7,9,15H,8,10-12H2,(H,20,26)(H,24,25). The van der Waals surface area contributed by atoms with Crippen molar-refractivity contribution in [2.24, 2.45) is 0 Å². The van der Waals surface area contributed by atoms with Crippen molar-refractivity contribution in [1.29, 1.82) is 0 Å². The van der Waals surface area contributed by atoms with Gasteiger partial charge in [0, 0.05) is 25.5 Å². The van der Waals surface area contributed by atoms with Crippen molar-refractivity contribution in [2.75, 3.05) is 0 Å². The lowest BCUT2D eigenvalue weighted by Gasteiger charge is -2.32. The van der Waals surface area contributed by atoms with E-state index in [1.54, 1.807) is 0 Å². The highest BCUT2D eigenvalue weighted by Gasteiger charge is 2.33. The fraction of sp³-hybridized carbons (Fsp3) is 0.278. The van der Waals surface area contributed by atoms with E-state index in [2.05, 4.69) is 26.9 Å². The molecule has 0 bridgehead atoms. The third-order valence-electron chi connectivity index (χ3n) is 4.67. The molecule has 1 unspecified atom stereocenters. The highest BCUT2D eigenvalue weighted by atomic mass is 16.4. The zero-order valence-corrected chi connectivity index (χ0v) is 14.1. The van der Waals surface area contributed by atoms with E-state index in [0.717, 1.165) is 12.1 Å². The van der Waals surface area contributed by atoms with Crippen molar-refractivity contribution in [1.82, 2.24) is 24.2 Å². The van der Waals surface area contributed by atoms with Crippen molar-refractivity contribution in [3.05, 3.63) is 76.2 Å². The first-order valence-corrected chi connectivity index (χ1v) is 8.39. The second kappa shape index (κ2) is 6.64. The van der Waals surface area contributed by atoms with Crippen molar-refractivity contribution in [3.63, 3.8) is 0 Å². The summed E-state index contributed by atoms with van der Waals surface area (Å²) in [6.45, 7) is 1.67. The maximum atomic E-state index is 11.7. The molecule has 3 heterocycles. The van der Waals surface area contributed by atoms with Gasteiger partial charge in [0.25, 0.3) is 0 Å². The fourth-order valence-corrected chi connectivity index (χ4v) is 3.35. The summed E-state index contributed by atoms with van der Waals surface area (Å²) in [5.74, 6) is -0.372. The lowest BCUT2D eigenvalue weighted by molar-refractivity contribution is -0.145. The quantitative estimate of drug-likeness (QED) is 0.710. The second-order valence-corrected chi connectivity index (χ2v) is 6.49. The molecule has 134 valence electrons. The molecule has 1 atom stereocenters. The number of H-pyrrole nitrogens is 1. The summed E-state index contributed by atoms with van der Waals surface area (Å²) in [4.78, 5) is 25.2. The summed E-state index contributed by atoms with van der Waals surface area (Å²) in [5, 5.41) is 15.9. The maximum absolute atomic E-state index is 11.7. The van der Waals surface area contributed by atoms with Gasteiger partial charge in [-0.2, -0.15) is 5.10 Å². The SMILES string of the molecule is O=C(O)C1Cn2c(n[nH]c2=O)CN1Cc1ccn(Cc2ccccc2)c1. The van der Waals surface area contributed by atoms with E-state index in [0.29, 0.717) is 18.9 Å². The van der Waals surface area contributed by atoms with Crippen LogP contribution in [-0.4, -0.2) is 41.3 Å². The van der Waals surface area contributed by atoms with Gasteiger partial charge in [0.1, 0.15) is 11.9 Å². The molecule has 26 heavy (non-hydrogen) atoms. The highest BCUT2D eigenvalue weighted by Crippen LogP contribution is 2.18. The minimum atomic E-state index is -0.938. The van der Waals surface area contributed by atoms with Gasteiger partial charge in [-0.25, -0.2) is 9.89 Å². The Bertz CT molecular complexity index is 972. The van der Waals surface area contributed by atoms with Crippen LogP contribution in [0.25, 0.3) is 0 Å². The van der Waals surface area contributed by atoms with Crippen molar-refractivity contribution in [2.45, 2.75) is 32.2 Å². The van der Waals surface area contributed by atoms with Gasteiger partial charge in [-0.1, -0.05) is 30.3 Å². The van der Waals surface area contributed by atoms with Gasteiger partial charge in [-0.15, -0.1) is 0 Å². The Hall–Kier alpha value is -3.13. The van der Waals surface area contributed by atoms with Crippen LogP contribution >= 0.6 is 0 Å². The number of rotatable bonds is 5. The van der Waals surface area contributed by atoms with E-state index in [-0.39, 0.29) is 12.2 Å². The molecule has 0 saturated carbocycles. The summed E-state index contributed by atoms with van der Waals surface area (Å²) < 4.78 is 3.48. The molecule has 0 saturated heterocycles. The zero-order chi connectivity index (χ0) is 18.1. The van der Waals surface area contributed by atoms with Gasteiger partial charge in [-0.05, 0) is 17.2 Å². The molecule has 0 radical (unpaired) electrons. The molecule has 1 aliphatic heterocycles. The van der Waals surface area contributed by atoms with E-state index in [9.17, 15) is 14.7 Å². The Balaban J connectivity index is 1.51. The molecular formula is C18H19N5O3. The molecule has 0 aliphatic carbocycles. The number of fused-ring (bicyclic) bond motifs is 1. The monoisotopic (exact) mass is 353 g/mol. The average molecular weight is 353 g/mol. The number of aromatic amines is 1. The van der Waals surface area contributed by atoms with E-state index in [4.69, 9.17) is 0 Å². The van der Waals surface area contributed by atoms with E-state index in [1.165, 1.54) is 10.1 Å². The molecule has 8 nitrogen and oxygen atoms in total. The summed E-state index contributed by atoms with van der Waals surface area (Å²) >= 11 is 0. The Kier molecular flexibility index (Phi) is 4.18. The Labute approximate surface area is 149 Å². The number of carboxylic acids is 1. The van der Waals surface area contributed by atoms with Crippen molar-refractivity contribution < 1.29 is 9.90 Å². The number of aromatic nitrogens is 4. The number of aliphatic carboxylic acids is 1. The number of nitrogens with one attached hydrogen (secondary N) is 1. The van der Waals surface area contributed by atoms with Gasteiger partial charge >= 0.3 is 11.7 Å². The van der Waals surface area contributed by atoms with Crippen LogP contribution in [0.4, 0.5) is 0 Å². The number of nitrogens with zero attached hydrogens (tertiary/aromatic N) is 4. The molecule has 0 fully saturated rings. The topological polar surface area (TPSA) is 96.1 Å². The third kappa shape index (κ3) is 3.18. The molecule has 1 aromatic carbocycles. The summed E-state index contributed by atoms with van der Waals surface area (Å²) in [6, 6.07) is 11.4. The number of carboxylic acid groups (broad SMARTS) is 1. The van der Waals surface area contributed by atoms with Gasteiger partial charge in [0.2, 0.25) is 0 Å². The lowest BCUT2D eigenvalue weighted by atomic mass is 10.1. The summed E-state index contributed by atoms with van der Waals surface area (Å²) in [7, 11) is 0. The van der Waals surface area contributed by atoms with Crippen LogP contribution in [0.3, 0.4) is 0 Å². The Morgan fingerprint density at radius 3 is 2.77 bits per heavy atom. The van der Waals surface area contributed by atoms with Crippen LogP contribution < -0.4 is 5.69 Å². The molecular weight excluding hydrogens is 334 g/mol. The first-order valence-electron chi connectivity index (χ1n) is 8.39. The number of benzene rings is 1. The van der Waals surface area contributed by atoms with Gasteiger partial charge in [0.15, 0.2) is 0 Å². The van der Waals surface area contributed by atoms with Crippen LogP contribution in [0.15, 0.2) is 53.6 Å². The summed E-state index contributed by atoms with van der Waals surface area (Å²) in [6.07, 6.45) is 4.02. The second-order valence-electron chi connectivity index (χ2n) is 6.49. The first kappa shape index (κ1) is 16.3. The molecule has 4 rings (SSSR count). The first-order chi connectivity index (χ1) is 12.6. The Morgan fingerprint density at radius 2 is 2.00 bits per heavy atom. The number of hydrogen-bond donors (Lipinski definition) is 2. The zero-order valence-electron chi connectivity index (χ0n) is 14.1. The van der Waals surface area contributed by atoms with Crippen LogP contribution in [-0.2, 0) is 31.0 Å². The smallest absolute Gasteiger partial charge is 0.343 e. The van der Waals surface area contributed by atoms with Gasteiger partial charge in [-0.3, -0.25) is 14.3 Å². The minimum Gasteiger partial charge on any atom is -0.480 e. The molecule has 2 N–H and O–H groups in total. The van der Waals surface area contributed by atoms with E-state index in [1.807, 2.05) is 41.6 Å². The Morgan fingerprint density at radius 1 is 1.19 bits per heavy atom.